The Morgan fingerprint density at radius 3 is 2.79 bits per heavy atom. The first-order valence-corrected chi connectivity index (χ1v) is 5.55. The second-order valence-corrected chi connectivity index (χ2v) is 3.86. The summed E-state index contributed by atoms with van der Waals surface area (Å²) in [6.07, 6.45) is 0.0550. The number of carboxylic acid groups (broad SMARTS) is 1. The van der Waals surface area contributed by atoms with E-state index < -0.39 is 17.9 Å². The third kappa shape index (κ3) is 5.06. The second-order valence-electron chi connectivity index (χ2n) is 3.86. The molecule has 0 radical (unpaired) electrons. The lowest BCUT2D eigenvalue weighted by molar-refractivity contribution is -0.139. The van der Waals surface area contributed by atoms with Gasteiger partial charge in [0.05, 0.1) is 17.3 Å². The summed E-state index contributed by atoms with van der Waals surface area (Å²) in [4.78, 5) is 21.6. The number of nitrogens with one attached hydrogen (secondary N) is 2. The Kier molecular flexibility index (Phi) is 5.32. The molecule has 7 heteroatoms. The molecule has 0 saturated heterocycles. The predicted octanol–water partition coefficient (Wildman–Crippen LogP) is 0.193. The molecule has 0 unspecified atom stereocenters. The number of carbonyl (C=O) groups excluding carboxylic acids is 1. The van der Waals surface area contributed by atoms with Gasteiger partial charge in [0.2, 0.25) is 5.91 Å². The Hall–Kier alpha value is -2.59. The Balaban J connectivity index is 2.58. The zero-order chi connectivity index (χ0) is 14.3. The zero-order valence-corrected chi connectivity index (χ0v) is 10.1. The van der Waals surface area contributed by atoms with Crippen molar-refractivity contribution in [1.29, 1.82) is 5.26 Å². The van der Waals surface area contributed by atoms with E-state index in [1.807, 2.05) is 6.07 Å². The number of nitrogens with two attached hydrogens (primary N) is 1. The molecule has 0 aliphatic heterocycles. The average molecular weight is 262 g/mol. The summed E-state index contributed by atoms with van der Waals surface area (Å²) in [7, 11) is 0. The van der Waals surface area contributed by atoms with Crippen LogP contribution in [0.1, 0.15) is 18.4 Å². The largest absolute Gasteiger partial charge is 0.480 e. The van der Waals surface area contributed by atoms with Crippen LogP contribution in [0, 0.1) is 11.3 Å². The number of hydrazine groups is 1. The van der Waals surface area contributed by atoms with E-state index >= 15 is 0 Å². The number of anilines is 1. The van der Waals surface area contributed by atoms with Crippen LogP contribution in [-0.2, 0) is 9.59 Å². The van der Waals surface area contributed by atoms with Crippen LogP contribution < -0.4 is 16.6 Å². The minimum absolute atomic E-state index is 0.0239. The molecular formula is C12H14N4O3. The molecule has 1 amide bonds. The molecule has 1 aromatic carbocycles. The number of amides is 1. The fourth-order valence-electron chi connectivity index (χ4n) is 1.38. The van der Waals surface area contributed by atoms with Gasteiger partial charge >= 0.3 is 5.97 Å². The number of hydrogen-bond donors (Lipinski definition) is 4. The van der Waals surface area contributed by atoms with Crippen LogP contribution in [0.25, 0.3) is 0 Å². The first-order chi connectivity index (χ1) is 9.02. The van der Waals surface area contributed by atoms with Crippen LogP contribution in [0.4, 0.5) is 5.69 Å². The van der Waals surface area contributed by atoms with Crippen molar-refractivity contribution in [3.63, 3.8) is 0 Å². The standard InChI is InChI=1S/C12H14N4O3/c13-7-8-2-1-3-9(6-8)15-16-10(12(18)19)4-5-11(14)17/h1-3,6,10,15-16H,4-5H2,(H2,14,17)(H,18,19)/t10-/m1/s1. The molecule has 5 N–H and O–H groups in total. The van der Waals surface area contributed by atoms with Crippen molar-refractivity contribution in [3.8, 4) is 6.07 Å². The third-order valence-electron chi connectivity index (χ3n) is 2.36. The van der Waals surface area contributed by atoms with E-state index in [2.05, 4.69) is 10.9 Å². The predicted molar refractivity (Wildman–Crippen MR) is 67.8 cm³/mol. The van der Waals surface area contributed by atoms with E-state index in [4.69, 9.17) is 16.1 Å². The van der Waals surface area contributed by atoms with Crippen LogP contribution in [0.15, 0.2) is 24.3 Å². The summed E-state index contributed by atoms with van der Waals surface area (Å²) in [5.74, 6) is -1.65. The number of carbonyl (C=O) groups is 2. The highest BCUT2D eigenvalue weighted by Crippen LogP contribution is 2.09. The number of primary amides is 1. The highest BCUT2D eigenvalue weighted by atomic mass is 16.4. The maximum absolute atomic E-state index is 10.9. The summed E-state index contributed by atoms with van der Waals surface area (Å²) >= 11 is 0. The van der Waals surface area contributed by atoms with Crippen LogP contribution in [0.2, 0.25) is 0 Å². The first kappa shape index (κ1) is 14.5. The van der Waals surface area contributed by atoms with Crippen LogP contribution in [-0.4, -0.2) is 23.0 Å². The average Bonchev–Trinajstić information content (AvgIpc) is 2.38. The molecule has 0 spiro atoms. The summed E-state index contributed by atoms with van der Waals surface area (Å²) in [6, 6.07) is 7.58. The zero-order valence-electron chi connectivity index (χ0n) is 10.1. The number of hydrogen-bond acceptors (Lipinski definition) is 5. The van der Waals surface area contributed by atoms with E-state index in [9.17, 15) is 9.59 Å². The molecule has 0 heterocycles. The van der Waals surface area contributed by atoms with Crippen molar-refractivity contribution in [2.75, 3.05) is 5.43 Å². The van der Waals surface area contributed by atoms with Gasteiger partial charge in [0.1, 0.15) is 6.04 Å². The van der Waals surface area contributed by atoms with Gasteiger partial charge < -0.3 is 16.3 Å². The van der Waals surface area contributed by atoms with Gasteiger partial charge in [-0.1, -0.05) is 6.07 Å². The van der Waals surface area contributed by atoms with Crippen molar-refractivity contribution >= 4 is 17.6 Å². The molecule has 0 fully saturated rings. The van der Waals surface area contributed by atoms with Crippen molar-refractivity contribution < 1.29 is 14.7 Å². The van der Waals surface area contributed by atoms with Gasteiger partial charge in [0, 0.05) is 6.42 Å². The number of nitrogens with zero attached hydrogens (tertiary/aromatic N) is 1. The van der Waals surface area contributed by atoms with Crippen molar-refractivity contribution in [2.24, 2.45) is 5.73 Å². The van der Waals surface area contributed by atoms with E-state index in [0.717, 1.165) is 0 Å². The Morgan fingerprint density at radius 2 is 2.21 bits per heavy atom. The van der Waals surface area contributed by atoms with E-state index in [1.54, 1.807) is 24.3 Å². The Morgan fingerprint density at radius 1 is 1.47 bits per heavy atom. The van der Waals surface area contributed by atoms with Crippen LogP contribution in [0.3, 0.4) is 0 Å². The SMILES string of the molecule is N#Cc1cccc(NN[C@H](CCC(N)=O)C(=O)O)c1. The lowest BCUT2D eigenvalue weighted by Gasteiger charge is -2.15. The molecule has 0 aliphatic rings. The van der Waals surface area contributed by atoms with Crippen molar-refractivity contribution in [1.82, 2.24) is 5.43 Å². The van der Waals surface area contributed by atoms with E-state index in [-0.39, 0.29) is 12.8 Å². The molecule has 19 heavy (non-hydrogen) atoms. The van der Waals surface area contributed by atoms with Gasteiger partial charge in [-0.05, 0) is 24.6 Å². The number of aliphatic carboxylic acids is 1. The topological polar surface area (TPSA) is 128 Å². The van der Waals surface area contributed by atoms with Gasteiger partial charge in [0.15, 0.2) is 0 Å². The highest BCUT2D eigenvalue weighted by Gasteiger charge is 2.17. The summed E-state index contributed by atoms with van der Waals surface area (Å²) in [6.45, 7) is 0. The fraction of sp³-hybridized carbons (Fsp3) is 0.250. The minimum atomic E-state index is -1.09. The second kappa shape index (κ2) is 6.98. The summed E-state index contributed by atoms with van der Waals surface area (Å²) in [5, 5.41) is 17.7. The van der Waals surface area contributed by atoms with Gasteiger partial charge in [-0.25, -0.2) is 5.43 Å². The van der Waals surface area contributed by atoms with E-state index in [1.165, 1.54) is 0 Å². The molecule has 0 saturated carbocycles. The normalized spacial score (nSPS) is 11.3. The molecule has 0 bridgehead atoms. The smallest absolute Gasteiger partial charge is 0.322 e. The van der Waals surface area contributed by atoms with Crippen LogP contribution >= 0.6 is 0 Å². The molecule has 7 nitrogen and oxygen atoms in total. The quantitative estimate of drug-likeness (QED) is 0.519. The summed E-state index contributed by atoms with van der Waals surface area (Å²) < 4.78 is 0. The monoisotopic (exact) mass is 262 g/mol. The lowest BCUT2D eigenvalue weighted by Crippen LogP contribution is -2.41. The molecule has 100 valence electrons. The molecular weight excluding hydrogens is 248 g/mol. The Labute approximate surface area is 110 Å². The molecule has 1 atom stereocenters. The molecule has 0 aromatic heterocycles. The molecule has 0 aliphatic carbocycles. The minimum Gasteiger partial charge on any atom is -0.480 e. The van der Waals surface area contributed by atoms with Crippen molar-refractivity contribution in [2.45, 2.75) is 18.9 Å². The van der Waals surface area contributed by atoms with Crippen molar-refractivity contribution in [3.05, 3.63) is 29.8 Å². The maximum atomic E-state index is 10.9. The van der Waals surface area contributed by atoms with E-state index in [0.29, 0.717) is 11.3 Å². The van der Waals surface area contributed by atoms with Gasteiger partial charge in [-0.2, -0.15) is 5.26 Å². The fourth-order valence-corrected chi connectivity index (χ4v) is 1.38. The molecule has 1 rings (SSSR count). The van der Waals surface area contributed by atoms with Gasteiger partial charge in [-0.3, -0.25) is 9.59 Å². The van der Waals surface area contributed by atoms with Gasteiger partial charge in [0.25, 0.3) is 0 Å². The number of nitriles is 1. The van der Waals surface area contributed by atoms with Crippen LogP contribution in [0.5, 0.6) is 0 Å². The first-order valence-electron chi connectivity index (χ1n) is 5.55. The number of rotatable bonds is 7. The summed E-state index contributed by atoms with van der Waals surface area (Å²) in [5.41, 5.74) is 11.2. The Bertz CT molecular complexity index is 510. The highest BCUT2D eigenvalue weighted by molar-refractivity contribution is 5.77. The lowest BCUT2D eigenvalue weighted by atomic mass is 10.1. The van der Waals surface area contributed by atoms with Gasteiger partial charge in [-0.15, -0.1) is 0 Å². The third-order valence-corrected chi connectivity index (χ3v) is 2.36. The molecule has 1 aromatic rings. The number of benzene rings is 1. The maximum Gasteiger partial charge on any atom is 0.322 e. The number of carboxylic acids is 1.